The van der Waals surface area contributed by atoms with Crippen molar-refractivity contribution in [2.24, 2.45) is 5.92 Å². The van der Waals surface area contributed by atoms with Crippen molar-refractivity contribution in [1.29, 1.82) is 0 Å². The van der Waals surface area contributed by atoms with Gasteiger partial charge < -0.3 is 5.32 Å². The average molecular weight is 306 g/mol. The van der Waals surface area contributed by atoms with Gasteiger partial charge in [0, 0.05) is 42.9 Å². The van der Waals surface area contributed by atoms with E-state index in [0.717, 1.165) is 37.1 Å². The van der Waals surface area contributed by atoms with Crippen molar-refractivity contribution < 1.29 is 8.42 Å². The Morgan fingerprint density at radius 1 is 1.42 bits per heavy atom. The molecule has 1 saturated heterocycles. The van der Waals surface area contributed by atoms with Gasteiger partial charge in [-0.1, -0.05) is 6.92 Å². The van der Waals surface area contributed by atoms with Gasteiger partial charge in [0.05, 0.1) is 0 Å². The van der Waals surface area contributed by atoms with Crippen molar-refractivity contribution in [3.05, 3.63) is 0 Å². The van der Waals surface area contributed by atoms with Crippen LogP contribution in [0.5, 0.6) is 0 Å². The summed E-state index contributed by atoms with van der Waals surface area (Å²) in [6.07, 6.45) is 2.70. The SMILES string of the molecule is CCS(=O)(=O)C1CSCCN1CCNC(C)C1CC1. The molecule has 6 heteroatoms. The van der Waals surface area contributed by atoms with Crippen LogP contribution in [0.4, 0.5) is 0 Å². The first-order chi connectivity index (χ1) is 9.04. The Morgan fingerprint density at radius 3 is 2.79 bits per heavy atom. The molecule has 0 amide bonds. The summed E-state index contributed by atoms with van der Waals surface area (Å²) < 4.78 is 24.2. The molecule has 0 aromatic heterocycles. The summed E-state index contributed by atoms with van der Waals surface area (Å²) in [5, 5.41) is 3.27. The molecule has 0 spiro atoms. The minimum absolute atomic E-state index is 0.251. The van der Waals surface area contributed by atoms with Crippen molar-refractivity contribution in [1.82, 2.24) is 10.2 Å². The van der Waals surface area contributed by atoms with Crippen LogP contribution in [0.25, 0.3) is 0 Å². The van der Waals surface area contributed by atoms with E-state index < -0.39 is 9.84 Å². The largest absolute Gasteiger partial charge is 0.313 e. The number of hydrogen-bond donors (Lipinski definition) is 1. The van der Waals surface area contributed by atoms with E-state index in [-0.39, 0.29) is 11.1 Å². The Morgan fingerprint density at radius 2 is 2.16 bits per heavy atom. The van der Waals surface area contributed by atoms with Gasteiger partial charge in [0.15, 0.2) is 9.84 Å². The lowest BCUT2D eigenvalue weighted by atomic mass is 10.2. The first-order valence-corrected chi connectivity index (χ1v) is 10.2. The van der Waals surface area contributed by atoms with Gasteiger partial charge in [-0.2, -0.15) is 11.8 Å². The molecule has 0 aromatic carbocycles. The van der Waals surface area contributed by atoms with Crippen molar-refractivity contribution in [2.75, 3.05) is 36.9 Å². The molecular formula is C13H26N2O2S2. The highest BCUT2D eigenvalue weighted by Gasteiger charge is 2.33. The first kappa shape index (κ1) is 15.6. The lowest BCUT2D eigenvalue weighted by Gasteiger charge is -2.34. The third-order valence-electron chi connectivity index (χ3n) is 4.20. The van der Waals surface area contributed by atoms with E-state index in [4.69, 9.17) is 0 Å². The second kappa shape index (κ2) is 6.78. The fourth-order valence-electron chi connectivity index (χ4n) is 2.59. The van der Waals surface area contributed by atoms with E-state index in [2.05, 4.69) is 17.1 Å². The fourth-order valence-corrected chi connectivity index (χ4v) is 5.70. The standard InChI is InChI=1S/C13H26N2O2S2/c1-3-19(16,17)13-10-18-9-8-15(13)7-6-14-11(2)12-4-5-12/h11-14H,3-10H2,1-2H3. The van der Waals surface area contributed by atoms with Crippen LogP contribution in [0.2, 0.25) is 0 Å². The van der Waals surface area contributed by atoms with E-state index in [9.17, 15) is 8.42 Å². The Labute approximate surface area is 121 Å². The Bertz CT molecular complexity index is 382. The van der Waals surface area contributed by atoms with Crippen molar-refractivity contribution >= 4 is 21.6 Å². The van der Waals surface area contributed by atoms with Gasteiger partial charge in [-0.3, -0.25) is 4.90 Å². The lowest BCUT2D eigenvalue weighted by molar-refractivity contribution is 0.264. The number of nitrogens with zero attached hydrogens (tertiary/aromatic N) is 1. The molecule has 0 bridgehead atoms. The Kier molecular flexibility index (Phi) is 5.57. The minimum Gasteiger partial charge on any atom is -0.313 e. The second-order valence-corrected chi connectivity index (χ2v) is 9.19. The molecule has 19 heavy (non-hydrogen) atoms. The monoisotopic (exact) mass is 306 g/mol. The van der Waals surface area contributed by atoms with Crippen LogP contribution in [0, 0.1) is 5.92 Å². The molecule has 1 aliphatic carbocycles. The van der Waals surface area contributed by atoms with E-state index in [1.165, 1.54) is 12.8 Å². The summed E-state index contributed by atoms with van der Waals surface area (Å²) in [5.74, 6) is 2.88. The topological polar surface area (TPSA) is 49.4 Å². The van der Waals surface area contributed by atoms with Crippen LogP contribution in [0.15, 0.2) is 0 Å². The summed E-state index contributed by atoms with van der Waals surface area (Å²) in [6.45, 7) is 6.64. The summed E-state index contributed by atoms with van der Waals surface area (Å²) in [7, 11) is -2.95. The zero-order valence-electron chi connectivity index (χ0n) is 12.0. The average Bonchev–Trinajstić information content (AvgIpc) is 3.23. The van der Waals surface area contributed by atoms with Gasteiger partial charge in [0.25, 0.3) is 0 Å². The van der Waals surface area contributed by atoms with E-state index in [0.29, 0.717) is 6.04 Å². The van der Waals surface area contributed by atoms with Crippen LogP contribution < -0.4 is 5.32 Å². The maximum absolute atomic E-state index is 12.1. The summed E-state index contributed by atoms with van der Waals surface area (Å²) in [5.41, 5.74) is 0. The molecule has 2 rings (SSSR count). The zero-order chi connectivity index (χ0) is 13.9. The van der Waals surface area contributed by atoms with Crippen molar-refractivity contribution in [2.45, 2.75) is 38.1 Å². The smallest absolute Gasteiger partial charge is 0.166 e. The van der Waals surface area contributed by atoms with Crippen LogP contribution in [0.1, 0.15) is 26.7 Å². The highest BCUT2D eigenvalue weighted by molar-refractivity contribution is 8.01. The van der Waals surface area contributed by atoms with Crippen molar-refractivity contribution in [3.63, 3.8) is 0 Å². The molecule has 2 atom stereocenters. The second-order valence-electron chi connectivity index (χ2n) is 5.60. The molecular weight excluding hydrogens is 280 g/mol. The molecule has 1 heterocycles. The van der Waals surface area contributed by atoms with Crippen LogP contribution in [0.3, 0.4) is 0 Å². The highest BCUT2D eigenvalue weighted by Crippen LogP contribution is 2.32. The lowest BCUT2D eigenvalue weighted by Crippen LogP contribution is -2.50. The molecule has 2 unspecified atom stereocenters. The molecule has 2 aliphatic rings. The molecule has 1 saturated carbocycles. The van der Waals surface area contributed by atoms with Crippen LogP contribution >= 0.6 is 11.8 Å². The quantitative estimate of drug-likeness (QED) is 0.765. The molecule has 112 valence electrons. The highest BCUT2D eigenvalue weighted by atomic mass is 32.2. The minimum atomic E-state index is -2.95. The van der Waals surface area contributed by atoms with Crippen LogP contribution in [-0.4, -0.2) is 61.6 Å². The van der Waals surface area contributed by atoms with Gasteiger partial charge in [0.1, 0.15) is 5.37 Å². The van der Waals surface area contributed by atoms with Gasteiger partial charge in [-0.05, 0) is 25.7 Å². The number of nitrogens with one attached hydrogen (secondary N) is 1. The maximum atomic E-state index is 12.1. The molecule has 1 aliphatic heterocycles. The Hall–Kier alpha value is 0.220. The normalized spacial score (nSPS) is 27.4. The van der Waals surface area contributed by atoms with Crippen LogP contribution in [-0.2, 0) is 9.84 Å². The zero-order valence-corrected chi connectivity index (χ0v) is 13.6. The fraction of sp³-hybridized carbons (Fsp3) is 1.00. The Balaban J connectivity index is 1.81. The van der Waals surface area contributed by atoms with Gasteiger partial charge >= 0.3 is 0 Å². The summed E-state index contributed by atoms with van der Waals surface area (Å²) in [4.78, 5) is 2.15. The third kappa shape index (κ3) is 4.34. The van der Waals surface area contributed by atoms with Gasteiger partial charge in [-0.25, -0.2) is 8.42 Å². The molecule has 4 nitrogen and oxygen atoms in total. The molecule has 0 aromatic rings. The van der Waals surface area contributed by atoms with E-state index in [1.807, 2.05) is 0 Å². The number of thioether (sulfide) groups is 1. The number of sulfone groups is 1. The van der Waals surface area contributed by atoms with E-state index in [1.54, 1.807) is 18.7 Å². The third-order valence-corrected chi connectivity index (χ3v) is 7.53. The number of rotatable bonds is 7. The van der Waals surface area contributed by atoms with Gasteiger partial charge in [0.2, 0.25) is 0 Å². The predicted molar refractivity (Wildman–Crippen MR) is 82.3 cm³/mol. The number of hydrogen-bond acceptors (Lipinski definition) is 5. The predicted octanol–water partition coefficient (Wildman–Crippen LogP) is 1.18. The first-order valence-electron chi connectivity index (χ1n) is 7.31. The molecule has 0 radical (unpaired) electrons. The molecule has 1 N–H and O–H groups in total. The molecule has 2 fully saturated rings. The maximum Gasteiger partial charge on any atom is 0.166 e. The van der Waals surface area contributed by atoms with Crippen molar-refractivity contribution in [3.8, 4) is 0 Å². The summed E-state index contributed by atoms with van der Waals surface area (Å²) >= 11 is 1.76. The van der Waals surface area contributed by atoms with Gasteiger partial charge in [-0.15, -0.1) is 0 Å². The summed E-state index contributed by atoms with van der Waals surface area (Å²) in [6, 6.07) is 0.584. The van der Waals surface area contributed by atoms with E-state index >= 15 is 0 Å².